The zero-order valence-corrected chi connectivity index (χ0v) is 9.15. The largest absolute Gasteiger partial charge is 0.320 e. The van der Waals surface area contributed by atoms with Gasteiger partial charge in [0.15, 0.2) is 0 Å². The molecule has 0 aliphatic carbocycles. The van der Waals surface area contributed by atoms with Crippen LogP contribution in [0.1, 0.15) is 46.5 Å². The van der Waals surface area contributed by atoms with Crippen molar-refractivity contribution in [1.29, 1.82) is 0 Å². The summed E-state index contributed by atoms with van der Waals surface area (Å²) in [7, 11) is 2.00. The number of carbonyl (C=O) groups excluding carboxylic acids is 1. The van der Waals surface area contributed by atoms with Gasteiger partial charge in [0.05, 0.1) is 0 Å². The molecule has 2 nitrogen and oxygen atoms in total. The molecule has 0 aliphatic heterocycles. The first-order valence-corrected chi connectivity index (χ1v) is 4.76. The first-order chi connectivity index (χ1) is 5.83. The Morgan fingerprint density at radius 1 is 1.08 bits per heavy atom. The highest BCUT2D eigenvalue weighted by Gasteiger charge is 1.78. The zero-order valence-electron chi connectivity index (χ0n) is 9.15. The fourth-order valence-corrected chi connectivity index (χ4v) is 0.552. The van der Waals surface area contributed by atoms with Crippen LogP contribution < -0.4 is 5.32 Å². The number of carbonyl (C=O) groups is 1. The molecule has 0 amide bonds. The van der Waals surface area contributed by atoms with E-state index in [1.54, 1.807) is 0 Å². The number of hydrogen-bond donors (Lipinski definition) is 1. The van der Waals surface area contributed by atoms with Crippen LogP contribution in [-0.2, 0) is 4.79 Å². The van der Waals surface area contributed by atoms with E-state index in [0.29, 0.717) is 0 Å². The summed E-state index contributed by atoms with van der Waals surface area (Å²) < 4.78 is 0. The summed E-state index contributed by atoms with van der Waals surface area (Å²) in [6, 6.07) is 0. The van der Waals surface area contributed by atoms with Gasteiger partial charge < -0.3 is 10.1 Å². The molecule has 0 saturated heterocycles. The Labute approximate surface area is 77.7 Å². The van der Waals surface area contributed by atoms with Gasteiger partial charge in [-0.1, -0.05) is 40.0 Å². The van der Waals surface area contributed by atoms with E-state index in [-0.39, 0.29) is 0 Å². The molecule has 0 rings (SSSR count). The van der Waals surface area contributed by atoms with Crippen LogP contribution in [0.5, 0.6) is 0 Å². The Kier molecular flexibility index (Phi) is 45.7. The van der Waals surface area contributed by atoms with Gasteiger partial charge in [-0.2, -0.15) is 0 Å². The van der Waals surface area contributed by atoms with Crippen LogP contribution in [0.3, 0.4) is 0 Å². The molecule has 0 radical (unpaired) electrons. The van der Waals surface area contributed by atoms with E-state index in [0.717, 1.165) is 0 Å². The number of unbranched alkanes of at least 4 members (excludes halogenated alkanes) is 2. The van der Waals surface area contributed by atoms with Crippen LogP contribution in [0.25, 0.3) is 0 Å². The lowest BCUT2D eigenvalue weighted by molar-refractivity contribution is -0.0979. The normalized spacial score (nSPS) is 7.33. The van der Waals surface area contributed by atoms with E-state index in [2.05, 4.69) is 26.1 Å². The van der Waals surface area contributed by atoms with Crippen LogP contribution in [0.15, 0.2) is 0 Å². The molecule has 2 heteroatoms. The predicted octanol–water partition coefficient (Wildman–Crippen LogP) is 2.63. The maximum atomic E-state index is 8.00. The molecule has 76 valence electrons. The smallest absolute Gasteiger partial charge is 0.106 e. The second kappa shape index (κ2) is 31.1. The second-order valence-corrected chi connectivity index (χ2v) is 2.52. The average molecular weight is 175 g/mol. The quantitative estimate of drug-likeness (QED) is 0.665. The summed E-state index contributed by atoms with van der Waals surface area (Å²) in [5.74, 6) is 0. The molecule has 0 aliphatic rings. The monoisotopic (exact) mass is 175 g/mol. The van der Waals surface area contributed by atoms with Gasteiger partial charge in [-0.15, -0.1) is 0 Å². The van der Waals surface area contributed by atoms with Crippen molar-refractivity contribution in [2.75, 3.05) is 13.6 Å². The lowest BCUT2D eigenvalue weighted by atomic mass is 10.2. The fourth-order valence-electron chi connectivity index (χ4n) is 0.552. The average Bonchev–Trinajstić information content (AvgIpc) is 2.11. The van der Waals surface area contributed by atoms with Crippen molar-refractivity contribution in [2.24, 2.45) is 0 Å². The Morgan fingerprint density at radius 2 is 1.50 bits per heavy atom. The third kappa shape index (κ3) is 54.4. The molecular formula is C10H25NO. The minimum atomic E-state index is 1.17. The molecule has 12 heavy (non-hydrogen) atoms. The summed E-state index contributed by atoms with van der Waals surface area (Å²) in [5.41, 5.74) is 0. The molecule has 0 aromatic rings. The summed E-state index contributed by atoms with van der Waals surface area (Å²) in [6.07, 6.45) is 5.26. The van der Waals surface area contributed by atoms with Gasteiger partial charge in [-0.25, -0.2) is 0 Å². The maximum Gasteiger partial charge on any atom is 0.106 e. The van der Waals surface area contributed by atoms with Crippen molar-refractivity contribution in [2.45, 2.75) is 46.5 Å². The van der Waals surface area contributed by atoms with Crippen molar-refractivity contribution in [3.05, 3.63) is 0 Å². The standard InChI is InChI=1S/C6H15N.C3H8.CH2O/c1-3-4-5-6-7-2;1-3-2;1-2/h7H,3-6H2,1-2H3;3H2,1-2H3;1H2. The lowest BCUT2D eigenvalue weighted by Gasteiger charge is -1.93. The SMILES string of the molecule is C=O.CCC.CCCCCNC. The fraction of sp³-hybridized carbons (Fsp3) is 0.900. The van der Waals surface area contributed by atoms with E-state index < -0.39 is 0 Å². The summed E-state index contributed by atoms with van der Waals surface area (Å²) in [4.78, 5) is 8.00. The first kappa shape index (κ1) is 17.6. The maximum absolute atomic E-state index is 8.00. The minimum Gasteiger partial charge on any atom is -0.320 e. The van der Waals surface area contributed by atoms with Crippen LogP contribution in [0.4, 0.5) is 0 Å². The zero-order chi connectivity index (χ0) is 10.2. The summed E-state index contributed by atoms with van der Waals surface area (Å²) in [5, 5.41) is 3.10. The number of nitrogens with one attached hydrogen (secondary N) is 1. The van der Waals surface area contributed by atoms with Gasteiger partial charge in [0.2, 0.25) is 0 Å². The summed E-state index contributed by atoms with van der Waals surface area (Å²) >= 11 is 0. The van der Waals surface area contributed by atoms with Crippen molar-refractivity contribution in [3.63, 3.8) is 0 Å². The Balaban J connectivity index is -0.000000137. The molecule has 0 aromatic heterocycles. The van der Waals surface area contributed by atoms with E-state index in [4.69, 9.17) is 4.79 Å². The molecule has 0 saturated carbocycles. The highest BCUT2D eigenvalue weighted by atomic mass is 16.1. The molecule has 0 spiro atoms. The molecule has 0 bridgehead atoms. The second-order valence-electron chi connectivity index (χ2n) is 2.52. The van der Waals surface area contributed by atoms with E-state index in [1.165, 1.54) is 32.2 Å². The van der Waals surface area contributed by atoms with E-state index in [9.17, 15) is 0 Å². The van der Waals surface area contributed by atoms with Gasteiger partial charge in [-0.05, 0) is 20.0 Å². The Morgan fingerprint density at radius 3 is 1.75 bits per heavy atom. The predicted molar refractivity (Wildman–Crippen MR) is 56.5 cm³/mol. The summed E-state index contributed by atoms with van der Waals surface area (Å²) in [6.45, 7) is 9.64. The Bertz CT molecular complexity index is 45.1. The van der Waals surface area contributed by atoms with Crippen LogP contribution in [0, 0.1) is 0 Å². The topological polar surface area (TPSA) is 29.1 Å². The van der Waals surface area contributed by atoms with Crippen molar-refractivity contribution in [1.82, 2.24) is 5.32 Å². The number of rotatable bonds is 4. The third-order valence-corrected chi connectivity index (χ3v) is 1.03. The van der Waals surface area contributed by atoms with Crippen molar-refractivity contribution < 1.29 is 4.79 Å². The molecular weight excluding hydrogens is 150 g/mol. The third-order valence-electron chi connectivity index (χ3n) is 1.03. The Hall–Kier alpha value is -0.370. The molecule has 0 atom stereocenters. The molecule has 0 aromatic carbocycles. The van der Waals surface area contributed by atoms with Gasteiger partial charge in [0.25, 0.3) is 0 Å². The molecule has 0 unspecified atom stereocenters. The van der Waals surface area contributed by atoms with Crippen LogP contribution in [-0.4, -0.2) is 20.4 Å². The minimum absolute atomic E-state index is 1.17. The molecule has 0 fully saturated rings. The van der Waals surface area contributed by atoms with Gasteiger partial charge in [0, 0.05) is 0 Å². The van der Waals surface area contributed by atoms with E-state index in [1.807, 2.05) is 13.8 Å². The molecule has 1 N–H and O–H groups in total. The number of hydrogen-bond acceptors (Lipinski definition) is 2. The van der Waals surface area contributed by atoms with Crippen LogP contribution in [0.2, 0.25) is 0 Å². The van der Waals surface area contributed by atoms with E-state index >= 15 is 0 Å². The first-order valence-electron chi connectivity index (χ1n) is 4.76. The van der Waals surface area contributed by atoms with Gasteiger partial charge >= 0.3 is 0 Å². The highest BCUT2D eigenvalue weighted by Crippen LogP contribution is 1.89. The molecule has 0 heterocycles. The highest BCUT2D eigenvalue weighted by molar-refractivity contribution is 5.10. The van der Waals surface area contributed by atoms with Crippen molar-refractivity contribution in [3.8, 4) is 0 Å². The van der Waals surface area contributed by atoms with Crippen molar-refractivity contribution >= 4 is 6.79 Å². The van der Waals surface area contributed by atoms with Crippen LogP contribution >= 0.6 is 0 Å². The van der Waals surface area contributed by atoms with Gasteiger partial charge in [0.1, 0.15) is 6.79 Å². The lowest BCUT2D eigenvalue weighted by Crippen LogP contribution is -2.06. The van der Waals surface area contributed by atoms with Gasteiger partial charge in [-0.3, -0.25) is 0 Å².